The molecule has 7 heteroatoms. The summed E-state index contributed by atoms with van der Waals surface area (Å²) < 4.78 is 38.1. The Balaban J connectivity index is 2.14. The summed E-state index contributed by atoms with van der Waals surface area (Å²) in [6.07, 6.45) is 0.00100. The molecule has 1 atom stereocenters. The topological polar surface area (TPSA) is 72.2 Å². The second-order valence-electron chi connectivity index (χ2n) is 5.83. The Morgan fingerprint density at radius 1 is 1.17 bits per heavy atom. The first-order valence-electron chi connectivity index (χ1n) is 7.56. The van der Waals surface area contributed by atoms with Crippen LogP contribution in [0.2, 0.25) is 0 Å². The van der Waals surface area contributed by atoms with Gasteiger partial charge in [0.1, 0.15) is 6.04 Å². The maximum atomic E-state index is 12.7. The average Bonchev–Trinajstić information content (AvgIpc) is 2.52. The highest BCUT2D eigenvalue weighted by Crippen LogP contribution is 2.30. The van der Waals surface area contributed by atoms with Crippen molar-refractivity contribution < 1.29 is 22.8 Å². The molecular formula is C16H19F3N2O2. The maximum absolute atomic E-state index is 12.7. The molecule has 1 aliphatic carbocycles. The van der Waals surface area contributed by atoms with Gasteiger partial charge in [0.15, 0.2) is 0 Å². The van der Waals surface area contributed by atoms with Gasteiger partial charge in [0.05, 0.1) is 5.56 Å². The summed E-state index contributed by atoms with van der Waals surface area (Å²) in [4.78, 5) is 23.8. The predicted molar refractivity (Wildman–Crippen MR) is 78.5 cm³/mol. The van der Waals surface area contributed by atoms with Gasteiger partial charge in [-0.3, -0.25) is 9.59 Å². The fraction of sp³-hybridized carbons (Fsp3) is 0.500. The Morgan fingerprint density at radius 2 is 1.83 bits per heavy atom. The smallest absolute Gasteiger partial charge is 0.368 e. The average molecular weight is 328 g/mol. The van der Waals surface area contributed by atoms with Crippen LogP contribution in [0.25, 0.3) is 0 Å². The van der Waals surface area contributed by atoms with E-state index in [0.29, 0.717) is 0 Å². The minimum absolute atomic E-state index is 0.0593. The molecule has 23 heavy (non-hydrogen) atoms. The van der Waals surface area contributed by atoms with Crippen LogP contribution in [0.5, 0.6) is 0 Å². The minimum atomic E-state index is -4.53. The predicted octanol–water partition coefficient (Wildman–Crippen LogP) is 2.87. The third-order valence-electron chi connectivity index (χ3n) is 4.17. The summed E-state index contributed by atoms with van der Waals surface area (Å²) in [7, 11) is 0. The van der Waals surface area contributed by atoms with Crippen LogP contribution in [0.4, 0.5) is 13.2 Å². The zero-order valence-corrected chi connectivity index (χ0v) is 12.5. The lowest BCUT2D eigenvalue weighted by Crippen LogP contribution is -2.49. The molecule has 1 fully saturated rings. The van der Waals surface area contributed by atoms with Crippen LogP contribution in [0, 0.1) is 5.92 Å². The van der Waals surface area contributed by atoms with E-state index in [-0.39, 0.29) is 11.5 Å². The summed E-state index contributed by atoms with van der Waals surface area (Å²) in [6, 6.07) is 3.26. The molecule has 0 spiro atoms. The summed E-state index contributed by atoms with van der Waals surface area (Å²) in [5.41, 5.74) is 4.32. The standard InChI is InChI=1S/C16H19F3N2O2/c17-16(18,19)12-8-4-7-11(9-12)15(23)21-13(14(20)22)10-5-2-1-3-6-10/h4,7-10,13H,1-3,5-6H2,(H2,20,22)(H,21,23)/t13-/m0/s1. The van der Waals surface area contributed by atoms with Crippen molar-refractivity contribution in [3.05, 3.63) is 35.4 Å². The molecule has 0 bridgehead atoms. The lowest BCUT2D eigenvalue weighted by Gasteiger charge is -2.28. The summed E-state index contributed by atoms with van der Waals surface area (Å²) >= 11 is 0. The zero-order valence-electron chi connectivity index (χ0n) is 12.5. The Hall–Kier alpha value is -2.05. The molecule has 0 aliphatic heterocycles. The van der Waals surface area contributed by atoms with Gasteiger partial charge in [0.2, 0.25) is 5.91 Å². The van der Waals surface area contributed by atoms with Crippen LogP contribution < -0.4 is 11.1 Å². The van der Waals surface area contributed by atoms with Gasteiger partial charge in [-0.25, -0.2) is 0 Å². The van der Waals surface area contributed by atoms with E-state index < -0.39 is 29.6 Å². The Kier molecular flexibility index (Phi) is 5.28. The lowest BCUT2D eigenvalue weighted by molar-refractivity contribution is -0.137. The van der Waals surface area contributed by atoms with Crippen molar-refractivity contribution in [1.29, 1.82) is 0 Å². The molecule has 1 aromatic carbocycles. The van der Waals surface area contributed by atoms with Crippen molar-refractivity contribution in [2.45, 2.75) is 44.3 Å². The first kappa shape index (κ1) is 17.3. The van der Waals surface area contributed by atoms with Crippen molar-refractivity contribution in [3.8, 4) is 0 Å². The second-order valence-corrected chi connectivity index (χ2v) is 5.83. The third-order valence-corrected chi connectivity index (χ3v) is 4.17. The molecule has 0 saturated heterocycles. The molecule has 1 aliphatic rings. The van der Waals surface area contributed by atoms with E-state index in [1.165, 1.54) is 6.07 Å². The largest absolute Gasteiger partial charge is 0.416 e. The van der Waals surface area contributed by atoms with Gasteiger partial charge in [-0.1, -0.05) is 25.3 Å². The Morgan fingerprint density at radius 3 is 2.39 bits per heavy atom. The molecule has 3 N–H and O–H groups in total. The number of carbonyl (C=O) groups is 2. The van der Waals surface area contributed by atoms with Gasteiger partial charge in [0, 0.05) is 5.56 Å². The number of rotatable bonds is 4. The second kappa shape index (κ2) is 7.02. The molecule has 4 nitrogen and oxygen atoms in total. The normalized spacial score (nSPS) is 17.5. The van der Waals surface area contributed by atoms with Crippen LogP contribution in [-0.4, -0.2) is 17.9 Å². The van der Waals surface area contributed by atoms with E-state index in [1.54, 1.807) is 0 Å². The van der Waals surface area contributed by atoms with Crippen LogP contribution in [-0.2, 0) is 11.0 Å². The Bertz CT molecular complexity index is 581. The summed E-state index contributed by atoms with van der Waals surface area (Å²) in [5.74, 6) is -1.43. The van der Waals surface area contributed by atoms with Crippen molar-refractivity contribution in [1.82, 2.24) is 5.32 Å². The summed E-state index contributed by atoms with van der Waals surface area (Å²) in [6.45, 7) is 0. The van der Waals surface area contributed by atoms with E-state index in [0.717, 1.165) is 50.3 Å². The van der Waals surface area contributed by atoms with Gasteiger partial charge >= 0.3 is 6.18 Å². The number of nitrogens with one attached hydrogen (secondary N) is 1. The number of hydrogen-bond donors (Lipinski definition) is 2. The third kappa shape index (κ3) is 4.46. The number of nitrogens with two attached hydrogens (primary N) is 1. The highest BCUT2D eigenvalue weighted by molar-refractivity contribution is 5.97. The van der Waals surface area contributed by atoms with Crippen molar-refractivity contribution in [2.24, 2.45) is 11.7 Å². The molecule has 2 rings (SSSR count). The zero-order chi connectivity index (χ0) is 17.0. The quantitative estimate of drug-likeness (QED) is 0.892. The van der Waals surface area contributed by atoms with E-state index >= 15 is 0 Å². The van der Waals surface area contributed by atoms with E-state index in [2.05, 4.69) is 5.32 Å². The first-order chi connectivity index (χ1) is 10.8. The number of primary amides is 1. The minimum Gasteiger partial charge on any atom is -0.368 e. The fourth-order valence-electron chi connectivity index (χ4n) is 2.95. The molecule has 0 heterocycles. The lowest BCUT2D eigenvalue weighted by atomic mass is 9.83. The van der Waals surface area contributed by atoms with E-state index in [1.807, 2.05) is 0 Å². The summed E-state index contributed by atoms with van der Waals surface area (Å²) in [5, 5.41) is 2.50. The van der Waals surface area contributed by atoms with Crippen LogP contribution in [0.1, 0.15) is 48.0 Å². The number of benzene rings is 1. The SMILES string of the molecule is NC(=O)[C@@H](NC(=O)c1cccc(C(F)(F)F)c1)C1CCCCC1. The monoisotopic (exact) mass is 328 g/mol. The molecule has 0 radical (unpaired) electrons. The molecular weight excluding hydrogens is 309 g/mol. The van der Waals surface area contributed by atoms with Crippen LogP contribution in [0.3, 0.4) is 0 Å². The number of halogens is 3. The van der Waals surface area contributed by atoms with E-state index in [4.69, 9.17) is 5.73 Å². The molecule has 2 amide bonds. The number of carbonyl (C=O) groups excluding carboxylic acids is 2. The van der Waals surface area contributed by atoms with Gasteiger partial charge in [-0.2, -0.15) is 13.2 Å². The van der Waals surface area contributed by atoms with Crippen LogP contribution >= 0.6 is 0 Å². The fourth-order valence-corrected chi connectivity index (χ4v) is 2.95. The molecule has 1 saturated carbocycles. The van der Waals surface area contributed by atoms with Gasteiger partial charge in [-0.15, -0.1) is 0 Å². The first-order valence-corrected chi connectivity index (χ1v) is 7.56. The number of hydrogen-bond acceptors (Lipinski definition) is 2. The van der Waals surface area contributed by atoms with Gasteiger partial charge in [-0.05, 0) is 37.0 Å². The van der Waals surface area contributed by atoms with Crippen molar-refractivity contribution >= 4 is 11.8 Å². The molecule has 0 unspecified atom stereocenters. The van der Waals surface area contributed by atoms with Gasteiger partial charge < -0.3 is 11.1 Å². The number of amides is 2. The molecule has 126 valence electrons. The highest BCUT2D eigenvalue weighted by Gasteiger charge is 2.32. The maximum Gasteiger partial charge on any atom is 0.416 e. The van der Waals surface area contributed by atoms with E-state index in [9.17, 15) is 22.8 Å². The number of alkyl halides is 3. The molecule has 1 aromatic rings. The highest BCUT2D eigenvalue weighted by atomic mass is 19.4. The van der Waals surface area contributed by atoms with Gasteiger partial charge in [0.25, 0.3) is 5.91 Å². The molecule has 0 aromatic heterocycles. The van der Waals surface area contributed by atoms with Crippen molar-refractivity contribution in [2.75, 3.05) is 0 Å². The van der Waals surface area contributed by atoms with Crippen LogP contribution in [0.15, 0.2) is 24.3 Å². The van der Waals surface area contributed by atoms with Crippen molar-refractivity contribution in [3.63, 3.8) is 0 Å². The Labute approximate surface area is 132 Å².